The number of unbranched alkanes of at least 4 members (excludes halogenated alkanes) is 5. The molecule has 1 rings (SSSR count). The highest BCUT2D eigenvalue weighted by Gasteiger charge is 2.24. The highest BCUT2D eigenvalue weighted by Crippen LogP contribution is 2.27. The number of hydrogen-bond donors (Lipinski definition) is 2. The van der Waals surface area contributed by atoms with Crippen molar-refractivity contribution in [2.45, 2.75) is 83.7 Å². The van der Waals surface area contributed by atoms with E-state index in [1.54, 1.807) is 0 Å². The third kappa shape index (κ3) is 10.4. The molecule has 0 bridgehead atoms. The molecule has 1 aliphatic carbocycles. The first-order chi connectivity index (χ1) is 7.62. The van der Waals surface area contributed by atoms with E-state index >= 15 is 0 Å². The first kappa shape index (κ1) is 15.9. The van der Waals surface area contributed by atoms with E-state index in [0.717, 1.165) is 19.3 Å². The molecule has 1 aliphatic rings. The van der Waals surface area contributed by atoms with Crippen molar-refractivity contribution in [1.82, 2.24) is 0 Å². The molecule has 0 amide bonds. The highest BCUT2D eigenvalue weighted by molar-refractivity contribution is 4.78. The summed E-state index contributed by atoms with van der Waals surface area (Å²) in [5, 5.41) is 17.6. The topological polar surface area (TPSA) is 40.5 Å². The van der Waals surface area contributed by atoms with Crippen molar-refractivity contribution in [3.8, 4) is 0 Å². The average molecular weight is 230 g/mol. The van der Waals surface area contributed by atoms with Crippen LogP contribution in [0.2, 0.25) is 0 Å². The lowest BCUT2D eigenvalue weighted by Gasteiger charge is -2.12. The maximum absolute atomic E-state index is 9.19. The van der Waals surface area contributed by atoms with Gasteiger partial charge in [-0.1, -0.05) is 51.9 Å². The van der Waals surface area contributed by atoms with Gasteiger partial charge in [0.25, 0.3) is 0 Å². The zero-order chi connectivity index (χ0) is 12.3. The lowest BCUT2D eigenvalue weighted by Crippen LogP contribution is -2.17. The normalized spacial score (nSPS) is 18.0. The van der Waals surface area contributed by atoms with Gasteiger partial charge in [-0.2, -0.15) is 0 Å². The molecule has 0 saturated heterocycles. The summed E-state index contributed by atoms with van der Waals surface area (Å²) in [6.45, 7) is 4.50. The molecular weight excluding hydrogens is 200 g/mol. The van der Waals surface area contributed by atoms with Crippen LogP contribution in [0, 0.1) is 0 Å². The summed E-state index contributed by atoms with van der Waals surface area (Å²) in [5.74, 6) is 0. The Morgan fingerprint density at radius 1 is 0.938 bits per heavy atom. The van der Waals surface area contributed by atoms with E-state index in [1.165, 1.54) is 44.9 Å². The number of hydrogen-bond acceptors (Lipinski definition) is 2. The molecular formula is C14H30O2. The second kappa shape index (κ2) is 10.1. The van der Waals surface area contributed by atoms with Crippen LogP contribution < -0.4 is 0 Å². The van der Waals surface area contributed by atoms with E-state index in [4.69, 9.17) is 5.11 Å². The molecule has 0 aromatic carbocycles. The SMILES string of the molecule is CC1(O)CCCC1.CCCCCCCCO. The van der Waals surface area contributed by atoms with Gasteiger partial charge in [-0.15, -0.1) is 0 Å². The monoisotopic (exact) mass is 230 g/mol. The van der Waals surface area contributed by atoms with Crippen molar-refractivity contribution in [1.29, 1.82) is 0 Å². The van der Waals surface area contributed by atoms with Gasteiger partial charge in [0.1, 0.15) is 0 Å². The maximum atomic E-state index is 9.19. The lowest BCUT2D eigenvalue weighted by atomic mass is 10.1. The third-order valence-electron chi connectivity index (χ3n) is 3.19. The van der Waals surface area contributed by atoms with Gasteiger partial charge in [-0.3, -0.25) is 0 Å². The Labute approximate surface area is 101 Å². The Bertz CT molecular complexity index is 130. The minimum Gasteiger partial charge on any atom is -0.396 e. The fraction of sp³-hybridized carbons (Fsp3) is 1.00. The van der Waals surface area contributed by atoms with Gasteiger partial charge in [0.15, 0.2) is 0 Å². The van der Waals surface area contributed by atoms with E-state index in [2.05, 4.69) is 6.92 Å². The largest absolute Gasteiger partial charge is 0.396 e. The molecule has 0 atom stereocenters. The fourth-order valence-corrected chi connectivity index (χ4v) is 2.03. The Balaban J connectivity index is 0.000000288. The summed E-state index contributed by atoms with van der Waals surface area (Å²) < 4.78 is 0. The van der Waals surface area contributed by atoms with Crippen molar-refractivity contribution in [2.75, 3.05) is 6.61 Å². The Morgan fingerprint density at radius 2 is 1.44 bits per heavy atom. The molecule has 2 N–H and O–H groups in total. The van der Waals surface area contributed by atoms with Crippen LogP contribution in [0.15, 0.2) is 0 Å². The quantitative estimate of drug-likeness (QED) is 0.684. The van der Waals surface area contributed by atoms with Crippen LogP contribution >= 0.6 is 0 Å². The Hall–Kier alpha value is -0.0800. The van der Waals surface area contributed by atoms with E-state index in [1.807, 2.05) is 6.92 Å². The van der Waals surface area contributed by atoms with Crippen LogP contribution in [0.25, 0.3) is 0 Å². The Kier molecular flexibility index (Phi) is 10.0. The van der Waals surface area contributed by atoms with Crippen molar-refractivity contribution in [2.24, 2.45) is 0 Å². The Morgan fingerprint density at radius 3 is 1.81 bits per heavy atom. The van der Waals surface area contributed by atoms with Crippen LogP contribution in [-0.4, -0.2) is 22.4 Å². The fourth-order valence-electron chi connectivity index (χ4n) is 2.03. The standard InChI is InChI=1S/C8H18O.C6H12O/c1-2-3-4-5-6-7-8-9;1-6(7)4-2-3-5-6/h9H,2-8H2,1H3;7H,2-5H2,1H3. The summed E-state index contributed by atoms with van der Waals surface area (Å²) in [6, 6.07) is 0. The first-order valence-electron chi connectivity index (χ1n) is 6.95. The molecule has 16 heavy (non-hydrogen) atoms. The van der Waals surface area contributed by atoms with E-state index < -0.39 is 0 Å². The van der Waals surface area contributed by atoms with Crippen molar-refractivity contribution in [3.63, 3.8) is 0 Å². The van der Waals surface area contributed by atoms with Gasteiger partial charge in [0.05, 0.1) is 5.60 Å². The molecule has 0 spiro atoms. The van der Waals surface area contributed by atoms with Crippen LogP contribution in [0.3, 0.4) is 0 Å². The summed E-state index contributed by atoms with van der Waals surface area (Å²) in [5.41, 5.74) is -0.306. The molecule has 0 aromatic heterocycles. The molecule has 0 aliphatic heterocycles. The predicted octanol–water partition coefficient (Wildman–Crippen LogP) is 3.65. The van der Waals surface area contributed by atoms with Crippen LogP contribution in [0.4, 0.5) is 0 Å². The number of rotatable bonds is 6. The minimum absolute atomic E-state index is 0.306. The van der Waals surface area contributed by atoms with Gasteiger partial charge < -0.3 is 10.2 Å². The molecule has 2 heteroatoms. The lowest BCUT2D eigenvalue weighted by molar-refractivity contribution is 0.0681. The van der Waals surface area contributed by atoms with Crippen LogP contribution in [0.1, 0.15) is 78.1 Å². The smallest absolute Gasteiger partial charge is 0.0619 e. The maximum Gasteiger partial charge on any atom is 0.0619 e. The summed E-state index contributed by atoms with van der Waals surface area (Å²) >= 11 is 0. The first-order valence-corrected chi connectivity index (χ1v) is 6.95. The van der Waals surface area contributed by atoms with Gasteiger partial charge in [-0.05, 0) is 26.2 Å². The van der Waals surface area contributed by atoms with Crippen molar-refractivity contribution in [3.05, 3.63) is 0 Å². The van der Waals surface area contributed by atoms with Crippen molar-refractivity contribution >= 4 is 0 Å². The van der Waals surface area contributed by atoms with Crippen LogP contribution in [0.5, 0.6) is 0 Å². The van der Waals surface area contributed by atoms with Crippen molar-refractivity contribution < 1.29 is 10.2 Å². The molecule has 2 nitrogen and oxygen atoms in total. The average Bonchev–Trinajstić information content (AvgIpc) is 2.64. The minimum atomic E-state index is -0.306. The summed E-state index contributed by atoms with van der Waals surface area (Å²) in [6.07, 6.45) is 11.9. The van der Waals surface area contributed by atoms with Gasteiger partial charge in [0.2, 0.25) is 0 Å². The zero-order valence-electron chi connectivity index (χ0n) is 11.2. The highest BCUT2D eigenvalue weighted by atomic mass is 16.3. The third-order valence-corrected chi connectivity index (χ3v) is 3.19. The predicted molar refractivity (Wildman–Crippen MR) is 69.6 cm³/mol. The molecule has 0 aromatic rings. The van der Waals surface area contributed by atoms with E-state index in [0.29, 0.717) is 6.61 Å². The van der Waals surface area contributed by atoms with Gasteiger partial charge in [0, 0.05) is 6.61 Å². The zero-order valence-corrected chi connectivity index (χ0v) is 11.2. The summed E-state index contributed by atoms with van der Waals surface area (Å²) in [7, 11) is 0. The van der Waals surface area contributed by atoms with E-state index in [-0.39, 0.29) is 5.60 Å². The molecule has 0 heterocycles. The number of aliphatic hydroxyl groups is 2. The molecule has 1 fully saturated rings. The van der Waals surface area contributed by atoms with Gasteiger partial charge >= 0.3 is 0 Å². The van der Waals surface area contributed by atoms with E-state index in [9.17, 15) is 5.11 Å². The molecule has 1 saturated carbocycles. The molecule has 0 unspecified atom stereocenters. The molecule has 98 valence electrons. The number of aliphatic hydroxyl groups excluding tert-OH is 1. The van der Waals surface area contributed by atoms with Crippen LogP contribution in [-0.2, 0) is 0 Å². The second-order valence-corrected chi connectivity index (χ2v) is 5.20. The second-order valence-electron chi connectivity index (χ2n) is 5.20. The summed E-state index contributed by atoms with van der Waals surface area (Å²) in [4.78, 5) is 0. The molecule has 0 radical (unpaired) electrons. The van der Waals surface area contributed by atoms with Gasteiger partial charge in [-0.25, -0.2) is 0 Å².